The van der Waals surface area contributed by atoms with E-state index in [0.717, 1.165) is 0 Å². The van der Waals surface area contributed by atoms with Crippen LogP contribution in [0.3, 0.4) is 0 Å². The number of alkyl halides is 2. The summed E-state index contributed by atoms with van der Waals surface area (Å²) < 4.78 is 29.6. The summed E-state index contributed by atoms with van der Waals surface area (Å²) in [7, 11) is 0. The van der Waals surface area contributed by atoms with Gasteiger partial charge in [0.2, 0.25) is 5.91 Å². The van der Waals surface area contributed by atoms with Crippen molar-refractivity contribution in [3.8, 4) is 0 Å². The predicted molar refractivity (Wildman–Crippen MR) is 49.5 cm³/mol. The van der Waals surface area contributed by atoms with Gasteiger partial charge in [0.05, 0.1) is 6.54 Å². The molecule has 0 rings (SSSR count). The zero-order chi connectivity index (χ0) is 11.7. The van der Waals surface area contributed by atoms with E-state index in [1.165, 1.54) is 0 Å². The normalized spacial score (nSPS) is 10.8. The van der Waals surface area contributed by atoms with Gasteiger partial charge in [0, 0.05) is 34.2 Å². The van der Waals surface area contributed by atoms with Crippen LogP contribution in [0.15, 0.2) is 0 Å². The van der Waals surface area contributed by atoms with Crippen LogP contribution in [0.4, 0.5) is 8.78 Å². The fourth-order valence-electron chi connectivity index (χ4n) is 0.738. The molecule has 0 aromatic carbocycles. The van der Waals surface area contributed by atoms with Crippen LogP contribution in [0, 0.1) is 0 Å². The summed E-state index contributed by atoms with van der Waals surface area (Å²) in [5.41, 5.74) is 4.79. The molecule has 0 radical (unpaired) electrons. The summed E-state index contributed by atoms with van der Waals surface area (Å²) in [4.78, 5) is 10.5. The van der Waals surface area contributed by atoms with Crippen molar-refractivity contribution in [1.82, 2.24) is 5.32 Å². The molecular weight excluding hydrogens is 394 g/mol. The van der Waals surface area contributed by atoms with Crippen molar-refractivity contribution in [2.75, 3.05) is 32.9 Å². The van der Waals surface area contributed by atoms with E-state index in [2.05, 4.69) is 10.1 Å². The minimum atomic E-state index is -2.99. The first-order chi connectivity index (χ1) is 7.02. The average Bonchev–Trinajstić information content (AvgIpc) is 2.22. The van der Waals surface area contributed by atoms with Crippen LogP contribution in [0.25, 0.3) is 0 Å². The Morgan fingerprint density at radius 1 is 1.50 bits per heavy atom. The smallest absolute Gasteiger partial charge is 0.282 e. The van der Waals surface area contributed by atoms with E-state index in [4.69, 9.17) is 10.8 Å². The quantitative estimate of drug-likeness (QED) is 0.453. The molecule has 5 nitrogen and oxygen atoms in total. The van der Waals surface area contributed by atoms with Crippen molar-refractivity contribution in [3.63, 3.8) is 0 Å². The van der Waals surface area contributed by atoms with Crippen LogP contribution >= 0.6 is 0 Å². The van der Waals surface area contributed by atoms with E-state index in [1.807, 2.05) is 0 Å². The van der Waals surface area contributed by atoms with Crippen molar-refractivity contribution in [1.29, 1.82) is 0 Å². The third kappa shape index (κ3) is 10.4. The number of halogens is 2. The number of amides is 1. The summed E-state index contributed by atoms with van der Waals surface area (Å²) in [5.74, 6) is -3.49. The second-order valence-corrected chi connectivity index (χ2v) is 2.97. The third-order valence-corrected chi connectivity index (χ3v) is 1.54. The van der Waals surface area contributed by atoms with Crippen molar-refractivity contribution >= 4 is 5.91 Å². The Hall–Kier alpha value is -0.102. The Morgan fingerprint density at radius 3 is 2.62 bits per heavy atom. The number of hydrogen-bond donors (Lipinski definition) is 3. The Morgan fingerprint density at radius 2 is 2.12 bits per heavy atom. The molecule has 0 aromatic rings. The maximum Gasteiger partial charge on any atom is 0.282 e. The van der Waals surface area contributed by atoms with Gasteiger partial charge in [0.25, 0.3) is 5.92 Å². The Bertz CT molecular complexity index is 196. The molecule has 0 aliphatic rings. The number of rotatable bonds is 8. The number of hydrogen-bond acceptors (Lipinski definition) is 4. The summed E-state index contributed by atoms with van der Waals surface area (Å²) in [6.07, 6.45) is 0.409. The minimum absolute atomic E-state index is 0. The van der Waals surface area contributed by atoms with E-state index >= 15 is 0 Å². The van der Waals surface area contributed by atoms with Crippen molar-refractivity contribution < 1.29 is 44.5 Å². The first-order valence-electron chi connectivity index (χ1n) is 4.55. The standard InChI is InChI=1S/C8H16F2N2O3.W/c9-8(10,5-11)6-15-3-1-2-12-7(14)4-13;/h13H,1-6,11H2,(H,12,14);. The Balaban J connectivity index is 0. The number of carbonyl (C=O) groups excluding carboxylic acids is 1. The molecule has 8 heteroatoms. The fraction of sp³-hybridized carbons (Fsp3) is 0.875. The molecule has 0 bridgehead atoms. The van der Waals surface area contributed by atoms with E-state index in [0.29, 0.717) is 6.42 Å². The van der Waals surface area contributed by atoms with E-state index in [-0.39, 0.29) is 34.2 Å². The molecule has 0 aromatic heterocycles. The first-order valence-corrected chi connectivity index (χ1v) is 4.55. The number of carbonyl (C=O) groups is 1. The molecule has 0 aliphatic carbocycles. The molecule has 0 saturated carbocycles. The SMILES string of the molecule is NCC(F)(F)COCCCNC(=O)CO.[W]. The van der Waals surface area contributed by atoms with Crippen LogP contribution in [0.2, 0.25) is 0 Å². The summed E-state index contributed by atoms with van der Waals surface area (Å²) in [6.45, 7) is -1.63. The molecule has 1 amide bonds. The van der Waals surface area contributed by atoms with Gasteiger partial charge in [-0.25, -0.2) is 8.78 Å². The topological polar surface area (TPSA) is 84.6 Å². The number of nitrogens with one attached hydrogen (secondary N) is 1. The second-order valence-electron chi connectivity index (χ2n) is 2.97. The van der Waals surface area contributed by atoms with Gasteiger partial charge in [-0.3, -0.25) is 4.79 Å². The number of aliphatic hydroxyl groups is 1. The monoisotopic (exact) mass is 410 g/mol. The van der Waals surface area contributed by atoms with E-state index < -0.39 is 31.6 Å². The average molecular weight is 410 g/mol. The summed E-state index contributed by atoms with van der Waals surface area (Å²) >= 11 is 0. The number of nitrogens with two attached hydrogens (primary N) is 1. The molecule has 0 saturated heterocycles. The molecule has 16 heavy (non-hydrogen) atoms. The van der Waals surface area contributed by atoms with Crippen molar-refractivity contribution in [3.05, 3.63) is 0 Å². The van der Waals surface area contributed by atoms with Crippen molar-refractivity contribution in [2.45, 2.75) is 12.3 Å². The van der Waals surface area contributed by atoms with Gasteiger partial charge in [-0.15, -0.1) is 0 Å². The fourth-order valence-corrected chi connectivity index (χ4v) is 0.738. The van der Waals surface area contributed by atoms with E-state index in [9.17, 15) is 13.6 Å². The van der Waals surface area contributed by atoms with Gasteiger partial charge in [-0.05, 0) is 6.42 Å². The molecule has 96 valence electrons. The summed E-state index contributed by atoms with van der Waals surface area (Å²) in [5, 5.41) is 10.7. The first kappa shape index (κ1) is 18.3. The molecule has 0 atom stereocenters. The molecule has 0 fully saturated rings. The maximum atomic E-state index is 12.5. The minimum Gasteiger partial charge on any atom is -0.387 e. The maximum absolute atomic E-state index is 12.5. The van der Waals surface area contributed by atoms with Gasteiger partial charge in [-0.1, -0.05) is 0 Å². The van der Waals surface area contributed by atoms with Gasteiger partial charge < -0.3 is 20.9 Å². The number of aliphatic hydroxyl groups excluding tert-OH is 1. The van der Waals surface area contributed by atoms with Crippen molar-refractivity contribution in [2.24, 2.45) is 5.73 Å². The van der Waals surface area contributed by atoms with Gasteiger partial charge in [0.1, 0.15) is 13.2 Å². The van der Waals surface area contributed by atoms with Crippen LogP contribution in [-0.4, -0.2) is 49.8 Å². The van der Waals surface area contributed by atoms with Crippen LogP contribution < -0.4 is 11.1 Å². The van der Waals surface area contributed by atoms with Gasteiger partial charge in [-0.2, -0.15) is 0 Å². The molecule has 0 spiro atoms. The van der Waals surface area contributed by atoms with Crippen LogP contribution in [0.5, 0.6) is 0 Å². The predicted octanol–water partition coefficient (Wildman–Crippen LogP) is -0.907. The van der Waals surface area contributed by atoms with Crippen LogP contribution in [0.1, 0.15) is 6.42 Å². The second kappa shape index (κ2) is 10.1. The zero-order valence-electron chi connectivity index (χ0n) is 8.75. The van der Waals surface area contributed by atoms with Crippen LogP contribution in [-0.2, 0) is 30.6 Å². The molecule has 0 heterocycles. The molecule has 0 unspecified atom stereocenters. The molecule has 4 N–H and O–H groups in total. The largest absolute Gasteiger partial charge is 0.387 e. The Labute approximate surface area is 107 Å². The van der Waals surface area contributed by atoms with Gasteiger partial charge in [0.15, 0.2) is 0 Å². The zero-order valence-corrected chi connectivity index (χ0v) is 11.7. The molecular formula is C8H16F2N2O3W. The number of ether oxygens (including phenoxy) is 1. The summed E-state index contributed by atoms with van der Waals surface area (Å²) in [6, 6.07) is 0. The third-order valence-electron chi connectivity index (χ3n) is 1.54. The Kier molecular flexibility index (Phi) is 11.5. The van der Waals surface area contributed by atoms with Gasteiger partial charge >= 0.3 is 0 Å². The molecule has 0 aliphatic heterocycles. The van der Waals surface area contributed by atoms with E-state index in [1.54, 1.807) is 0 Å².